The maximum Gasteiger partial charge on any atom is 0.326 e. The smallest absolute Gasteiger partial charge is 0.326 e. The first-order valence-electron chi connectivity index (χ1n) is 9.33. The summed E-state index contributed by atoms with van der Waals surface area (Å²) in [5.41, 5.74) is -0.690. The van der Waals surface area contributed by atoms with Gasteiger partial charge in [0.1, 0.15) is 23.3 Å². The second-order valence-corrected chi connectivity index (χ2v) is 6.98. The van der Waals surface area contributed by atoms with E-state index in [1.54, 1.807) is 23.2 Å². The summed E-state index contributed by atoms with van der Waals surface area (Å²) in [5, 5.41) is 0. The van der Waals surface area contributed by atoms with Gasteiger partial charge in [-0.15, -0.1) is 0 Å². The fraction of sp³-hybridized carbons (Fsp3) is 0.300. The van der Waals surface area contributed by atoms with Gasteiger partial charge < -0.3 is 14.3 Å². The van der Waals surface area contributed by atoms with Gasteiger partial charge in [-0.05, 0) is 37.0 Å². The molecule has 0 radical (unpaired) electrons. The van der Waals surface area contributed by atoms with Gasteiger partial charge in [0, 0.05) is 19.0 Å². The van der Waals surface area contributed by atoms with Crippen LogP contribution in [0.5, 0.6) is 0 Å². The molecule has 2 N–H and O–H groups in total. The highest BCUT2D eigenvalue weighted by Crippen LogP contribution is 2.31. The molecule has 1 atom stereocenters. The van der Waals surface area contributed by atoms with E-state index in [0.29, 0.717) is 31.0 Å². The molecule has 0 unspecified atom stereocenters. The van der Waals surface area contributed by atoms with Crippen LogP contribution >= 0.6 is 0 Å². The molecular weight excluding hydrogens is 379 g/mol. The van der Waals surface area contributed by atoms with Crippen LogP contribution in [-0.2, 0) is 6.42 Å². The summed E-state index contributed by atoms with van der Waals surface area (Å²) in [6.45, 7) is 0.458. The minimum absolute atomic E-state index is 0.0720. The number of carbonyl (C=O) groups excluding carboxylic acids is 1. The number of amides is 1. The summed E-state index contributed by atoms with van der Waals surface area (Å²) in [7, 11) is 0. The number of rotatable bonds is 4. The van der Waals surface area contributed by atoms with Crippen molar-refractivity contribution in [3.63, 3.8) is 0 Å². The second-order valence-electron chi connectivity index (χ2n) is 6.98. The van der Waals surface area contributed by atoms with E-state index in [2.05, 4.69) is 9.97 Å². The van der Waals surface area contributed by atoms with Crippen LogP contribution in [0.3, 0.4) is 0 Å². The summed E-state index contributed by atoms with van der Waals surface area (Å²) >= 11 is 0. The fourth-order valence-corrected chi connectivity index (χ4v) is 3.58. The Morgan fingerprint density at radius 1 is 1.24 bits per heavy atom. The molecule has 3 aromatic rings. The lowest BCUT2D eigenvalue weighted by atomic mass is 10.0. The maximum absolute atomic E-state index is 13.4. The average molecular weight is 398 g/mol. The minimum Gasteiger partial charge on any atom is -0.443 e. The van der Waals surface area contributed by atoms with Gasteiger partial charge in [-0.2, -0.15) is 0 Å². The molecule has 1 aromatic carbocycles. The lowest BCUT2D eigenvalue weighted by Crippen LogP contribution is -2.40. The van der Waals surface area contributed by atoms with Crippen LogP contribution in [0.4, 0.5) is 4.39 Å². The van der Waals surface area contributed by atoms with Gasteiger partial charge in [-0.25, -0.2) is 14.2 Å². The topological polar surface area (TPSA) is 112 Å². The standard InChI is InChI=1S/C20H19FN4O4/c21-13-5-3-4-12(8-13)9-14-11-22-18(29-14)16-6-1-2-7-25(16)19(27)15-10-17(26)24-20(28)23-15/h3-5,8,10-11,16H,1-2,6-7,9H2,(H2,23,24,26,28)/t16-/m1/s1. The van der Waals surface area contributed by atoms with E-state index in [9.17, 15) is 18.8 Å². The van der Waals surface area contributed by atoms with E-state index >= 15 is 0 Å². The van der Waals surface area contributed by atoms with Crippen molar-refractivity contribution in [1.29, 1.82) is 0 Å². The van der Waals surface area contributed by atoms with Crippen molar-refractivity contribution in [3.8, 4) is 0 Å². The fourth-order valence-electron chi connectivity index (χ4n) is 3.58. The summed E-state index contributed by atoms with van der Waals surface area (Å²) in [6.07, 6.45) is 4.30. The third-order valence-electron chi connectivity index (χ3n) is 4.88. The van der Waals surface area contributed by atoms with Crippen molar-refractivity contribution in [2.75, 3.05) is 6.54 Å². The molecule has 0 bridgehead atoms. The first-order chi connectivity index (χ1) is 14.0. The van der Waals surface area contributed by atoms with Crippen molar-refractivity contribution in [3.05, 3.63) is 86.1 Å². The molecule has 4 rings (SSSR count). The van der Waals surface area contributed by atoms with Crippen LogP contribution in [0.25, 0.3) is 0 Å². The Morgan fingerprint density at radius 2 is 2.10 bits per heavy atom. The average Bonchev–Trinajstić information content (AvgIpc) is 3.15. The molecule has 0 spiro atoms. The van der Waals surface area contributed by atoms with Crippen LogP contribution in [0.2, 0.25) is 0 Å². The third kappa shape index (κ3) is 4.18. The molecule has 1 aliphatic heterocycles. The molecule has 29 heavy (non-hydrogen) atoms. The van der Waals surface area contributed by atoms with Crippen LogP contribution in [0, 0.1) is 5.82 Å². The van der Waals surface area contributed by atoms with Crippen LogP contribution in [0.1, 0.15) is 53.0 Å². The number of nitrogens with zero attached hydrogens (tertiary/aromatic N) is 2. The number of piperidine rings is 1. The van der Waals surface area contributed by atoms with Crippen molar-refractivity contribution in [2.45, 2.75) is 31.7 Å². The van der Waals surface area contributed by atoms with E-state index in [1.807, 2.05) is 4.98 Å². The molecule has 150 valence electrons. The first-order valence-corrected chi connectivity index (χ1v) is 9.33. The number of halogens is 1. The van der Waals surface area contributed by atoms with Gasteiger partial charge in [0.25, 0.3) is 11.5 Å². The van der Waals surface area contributed by atoms with E-state index in [1.165, 1.54) is 12.1 Å². The van der Waals surface area contributed by atoms with Gasteiger partial charge in [-0.3, -0.25) is 14.6 Å². The Balaban J connectivity index is 1.58. The number of benzene rings is 1. The normalized spacial score (nSPS) is 16.7. The Labute approximate surface area is 164 Å². The Bertz CT molecular complexity index is 1120. The number of hydrogen-bond acceptors (Lipinski definition) is 5. The van der Waals surface area contributed by atoms with Crippen LogP contribution in [-0.4, -0.2) is 32.3 Å². The largest absolute Gasteiger partial charge is 0.443 e. The van der Waals surface area contributed by atoms with Gasteiger partial charge in [0.15, 0.2) is 0 Å². The second kappa shape index (κ2) is 7.86. The zero-order valence-corrected chi connectivity index (χ0v) is 15.5. The molecule has 1 aliphatic rings. The third-order valence-corrected chi connectivity index (χ3v) is 4.88. The monoisotopic (exact) mass is 398 g/mol. The molecule has 2 aromatic heterocycles. The zero-order chi connectivity index (χ0) is 20.4. The number of H-pyrrole nitrogens is 2. The first kappa shape index (κ1) is 18.9. The highest BCUT2D eigenvalue weighted by atomic mass is 19.1. The van der Waals surface area contributed by atoms with Gasteiger partial charge in [0.2, 0.25) is 5.89 Å². The lowest BCUT2D eigenvalue weighted by molar-refractivity contribution is 0.0563. The lowest BCUT2D eigenvalue weighted by Gasteiger charge is -2.33. The van der Waals surface area contributed by atoms with Crippen molar-refractivity contribution >= 4 is 5.91 Å². The predicted molar refractivity (Wildman–Crippen MR) is 101 cm³/mol. The Hall–Kier alpha value is -3.49. The maximum atomic E-state index is 13.4. The Morgan fingerprint density at radius 3 is 2.90 bits per heavy atom. The summed E-state index contributed by atoms with van der Waals surface area (Å²) in [6, 6.07) is 6.90. The minimum atomic E-state index is -0.733. The summed E-state index contributed by atoms with van der Waals surface area (Å²) in [4.78, 5) is 46.3. The SMILES string of the molecule is O=C(c1cc(=O)[nH]c(=O)[nH]1)N1CCCC[C@@H]1c1ncc(Cc2cccc(F)c2)o1. The number of nitrogens with one attached hydrogen (secondary N) is 2. The molecule has 1 fully saturated rings. The number of carbonyl (C=O) groups is 1. The molecule has 3 heterocycles. The van der Waals surface area contributed by atoms with Gasteiger partial charge in [-0.1, -0.05) is 12.1 Å². The number of likely N-dealkylation sites (tertiary alicyclic amines) is 1. The number of aromatic nitrogens is 3. The van der Waals surface area contributed by atoms with Gasteiger partial charge in [0.05, 0.1) is 6.20 Å². The van der Waals surface area contributed by atoms with Crippen LogP contribution < -0.4 is 11.2 Å². The van der Waals surface area contributed by atoms with Gasteiger partial charge >= 0.3 is 5.69 Å². The predicted octanol–water partition coefficient (Wildman–Crippen LogP) is 2.15. The van der Waals surface area contributed by atoms with Crippen LogP contribution in [0.15, 0.2) is 50.5 Å². The van der Waals surface area contributed by atoms with Crippen molar-refractivity contribution in [1.82, 2.24) is 19.9 Å². The Kier molecular flexibility index (Phi) is 5.11. The molecule has 0 aliphatic carbocycles. The van der Waals surface area contributed by atoms with E-state index in [-0.39, 0.29) is 11.5 Å². The molecule has 1 amide bonds. The van der Waals surface area contributed by atoms with E-state index in [0.717, 1.165) is 24.5 Å². The highest BCUT2D eigenvalue weighted by Gasteiger charge is 2.32. The quantitative estimate of drug-likeness (QED) is 0.699. The molecule has 1 saturated heterocycles. The molecular formula is C20H19FN4O4. The van der Waals surface area contributed by atoms with E-state index in [4.69, 9.17) is 4.42 Å². The number of oxazole rings is 1. The molecule has 0 saturated carbocycles. The molecule has 8 nitrogen and oxygen atoms in total. The number of hydrogen-bond donors (Lipinski definition) is 2. The van der Waals surface area contributed by atoms with E-state index < -0.39 is 23.2 Å². The van der Waals surface area contributed by atoms with Crippen molar-refractivity contribution < 1.29 is 13.6 Å². The molecule has 9 heteroatoms. The highest BCUT2D eigenvalue weighted by molar-refractivity contribution is 5.92. The zero-order valence-electron chi connectivity index (χ0n) is 15.5. The summed E-state index contributed by atoms with van der Waals surface area (Å²) in [5.74, 6) is 0.172. The van der Waals surface area contributed by atoms with Crippen molar-refractivity contribution in [2.24, 2.45) is 0 Å². The summed E-state index contributed by atoms with van der Waals surface area (Å²) < 4.78 is 19.2. The number of aromatic amines is 2.